The molecule has 0 saturated heterocycles. The Labute approximate surface area is 122 Å². The van der Waals surface area contributed by atoms with Crippen LogP contribution in [0.2, 0.25) is 0 Å². The smallest absolute Gasteiger partial charge is 0.251 e. The summed E-state index contributed by atoms with van der Waals surface area (Å²) in [5.74, 6) is 0.405. The molecule has 1 aromatic carbocycles. The van der Waals surface area contributed by atoms with Crippen LogP contribution in [0.25, 0.3) is 5.69 Å². The molecule has 1 atom stereocenters. The molecule has 6 heteroatoms. The molecule has 1 aliphatic carbocycles. The highest BCUT2D eigenvalue weighted by Crippen LogP contribution is 2.34. The van der Waals surface area contributed by atoms with E-state index in [1.807, 2.05) is 12.1 Å². The summed E-state index contributed by atoms with van der Waals surface area (Å²) in [4.78, 5) is 16.2. The molecule has 2 aromatic rings. The lowest BCUT2D eigenvalue weighted by Crippen LogP contribution is -2.37. The van der Waals surface area contributed by atoms with E-state index in [1.165, 1.54) is 6.33 Å². The van der Waals surface area contributed by atoms with Crippen molar-refractivity contribution in [3.63, 3.8) is 0 Å². The van der Waals surface area contributed by atoms with Crippen LogP contribution in [0.5, 0.6) is 0 Å². The summed E-state index contributed by atoms with van der Waals surface area (Å²) < 4.78 is 1.61. The summed E-state index contributed by atoms with van der Waals surface area (Å²) in [6.07, 6.45) is 5.92. The van der Waals surface area contributed by atoms with Crippen molar-refractivity contribution in [2.45, 2.75) is 25.3 Å². The maximum Gasteiger partial charge on any atom is 0.251 e. The number of aliphatic hydroxyl groups is 1. The van der Waals surface area contributed by atoms with Crippen LogP contribution in [-0.4, -0.2) is 38.4 Å². The largest absolute Gasteiger partial charge is 0.396 e. The number of aromatic nitrogens is 3. The Balaban J connectivity index is 1.73. The Kier molecular flexibility index (Phi) is 3.96. The average molecular weight is 286 g/mol. The van der Waals surface area contributed by atoms with Crippen molar-refractivity contribution in [3.05, 3.63) is 42.5 Å². The molecule has 2 N–H and O–H groups in total. The third-order valence-electron chi connectivity index (χ3n) is 3.74. The molecular weight excluding hydrogens is 268 g/mol. The van der Waals surface area contributed by atoms with Gasteiger partial charge in [-0.05, 0) is 43.4 Å². The van der Waals surface area contributed by atoms with Gasteiger partial charge in [0.05, 0.1) is 5.69 Å². The third kappa shape index (κ3) is 3.28. The third-order valence-corrected chi connectivity index (χ3v) is 3.74. The van der Waals surface area contributed by atoms with Gasteiger partial charge in [0.15, 0.2) is 0 Å². The summed E-state index contributed by atoms with van der Waals surface area (Å²) in [5, 5.41) is 16.2. The highest BCUT2D eigenvalue weighted by atomic mass is 16.3. The number of nitrogens with zero attached hydrogens (tertiary/aromatic N) is 3. The first-order chi connectivity index (χ1) is 10.3. The number of carbonyl (C=O) groups excluding carboxylic acids is 1. The van der Waals surface area contributed by atoms with Crippen LogP contribution in [0.1, 0.15) is 29.6 Å². The molecule has 1 unspecified atom stereocenters. The van der Waals surface area contributed by atoms with Gasteiger partial charge in [0.1, 0.15) is 12.7 Å². The van der Waals surface area contributed by atoms with Crippen molar-refractivity contribution in [2.75, 3.05) is 6.61 Å². The molecule has 0 radical (unpaired) electrons. The van der Waals surface area contributed by atoms with Crippen molar-refractivity contribution in [3.8, 4) is 5.69 Å². The Hall–Kier alpha value is -2.21. The van der Waals surface area contributed by atoms with E-state index < -0.39 is 0 Å². The predicted molar refractivity (Wildman–Crippen MR) is 77.0 cm³/mol. The van der Waals surface area contributed by atoms with Gasteiger partial charge in [-0.25, -0.2) is 9.67 Å². The molecule has 1 saturated carbocycles. The molecule has 0 bridgehead atoms. The number of nitrogens with one attached hydrogen (secondary N) is 1. The highest BCUT2D eigenvalue weighted by molar-refractivity contribution is 5.94. The van der Waals surface area contributed by atoms with Crippen LogP contribution in [-0.2, 0) is 0 Å². The fourth-order valence-electron chi connectivity index (χ4n) is 2.45. The van der Waals surface area contributed by atoms with E-state index in [9.17, 15) is 4.79 Å². The van der Waals surface area contributed by atoms with Crippen molar-refractivity contribution in [2.24, 2.45) is 5.92 Å². The van der Waals surface area contributed by atoms with Gasteiger partial charge in [0.25, 0.3) is 5.91 Å². The molecule has 1 fully saturated rings. The monoisotopic (exact) mass is 286 g/mol. The molecule has 21 heavy (non-hydrogen) atoms. The predicted octanol–water partition coefficient (Wildman–Crippen LogP) is 1.16. The molecule has 1 aliphatic rings. The van der Waals surface area contributed by atoms with Gasteiger partial charge in [-0.2, -0.15) is 5.10 Å². The summed E-state index contributed by atoms with van der Waals surface area (Å²) in [6, 6.07) is 7.32. The van der Waals surface area contributed by atoms with Gasteiger partial charge in [0, 0.05) is 18.2 Å². The first-order valence-corrected chi connectivity index (χ1v) is 7.14. The second-order valence-electron chi connectivity index (χ2n) is 5.32. The van der Waals surface area contributed by atoms with E-state index in [0.29, 0.717) is 17.9 Å². The van der Waals surface area contributed by atoms with E-state index in [0.717, 1.165) is 18.5 Å². The van der Waals surface area contributed by atoms with E-state index >= 15 is 0 Å². The molecule has 1 heterocycles. The SMILES string of the molecule is O=C(NC(CCO)C1CC1)c1cccc(-n2cncn2)c1. The zero-order valence-corrected chi connectivity index (χ0v) is 11.6. The standard InChI is InChI=1S/C15H18N4O2/c20-7-6-14(11-4-5-11)18-15(21)12-2-1-3-13(8-12)19-10-16-9-17-19/h1-3,8-11,14,20H,4-7H2,(H,18,21). The minimum absolute atomic E-state index is 0.0672. The van der Waals surface area contributed by atoms with Crippen LogP contribution in [0.4, 0.5) is 0 Å². The van der Waals surface area contributed by atoms with Crippen molar-refractivity contribution < 1.29 is 9.90 Å². The zero-order chi connectivity index (χ0) is 14.7. The first kappa shape index (κ1) is 13.8. The van der Waals surface area contributed by atoms with Gasteiger partial charge in [-0.1, -0.05) is 6.07 Å². The second-order valence-corrected chi connectivity index (χ2v) is 5.32. The number of hydrogen-bond donors (Lipinski definition) is 2. The van der Waals surface area contributed by atoms with Crippen LogP contribution < -0.4 is 5.32 Å². The van der Waals surface area contributed by atoms with Gasteiger partial charge in [-0.15, -0.1) is 0 Å². The van der Waals surface area contributed by atoms with Gasteiger partial charge < -0.3 is 10.4 Å². The van der Waals surface area contributed by atoms with Gasteiger partial charge >= 0.3 is 0 Å². The Morgan fingerprint density at radius 3 is 3.00 bits per heavy atom. The van der Waals surface area contributed by atoms with Crippen LogP contribution >= 0.6 is 0 Å². The zero-order valence-electron chi connectivity index (χ0n) is 11.6. The number of aliphatic hydroxyl groups excluding tert-OH is 1. The normalized spacial score (nSPS) is 15.7. The van der Waals surface area contributed by atoms with E-state index in [4.69, 9.17) is 5.11 Å². The summed E-state index contributed by atoms with van der Waals surface area (Å²) in [7, 11) is 0. The Bertz CT molecular complexity index is 608. The average Bonchev–Trinajstić information content (AvgIpc) is 3.21. The van der Waals surface area contributed by atoms with Gasteiger partial charge in [-0.3, -0.25) is 4.79 Å². The number of hydrogen-bond acceptors (Lipinski definition) is 4. The lowest BCUT2D eigenvalue weighted by Gasteiger charge is -2.17. The summed E-state index contributed by atoms with van der Waals surface area (Å²) >= 11 is 0. The Morgan fingerprint density at radius 2 is 2.33 bits per heavy atom. The number of amides is 1. The molecule has 0 aliphatic heterocycles. The minimum Gasteiger partial charge on any atom is -0.396 e. The van der Waals surface area contributed by atoms with Crippen LogP contribution in [0, 0.1) is 5.92 Å². The fraction of sp³-hybridized carbons (Fsp3) is 0.400. The Morgan fingerprint density at radius 1 is 1.48 bits per heavy atom. The quantitative estimate of drug-likeness (QED) is 0.835. The van der Waals surface area contributed by atoms with E-state index in [1.54, 1.807) is 23.1 Å². The number of carbonyl (C=O) groups is 1. The molecule has 1 aromatic heterocycles. The maximum absolute atomic E-state index is 12.3. The van der Waals surface area contributed by atoms with Crippen molar-refractivity contribution >= 4 is 5.91 Å². The molecule has 6 nitrogen and oxygen atoms in total. The lowest BCUT2D eigenvalue weighted by molar-refractivity contribution is 0.0924. The number of rotatable bonds is 6. The highest BCUT2D eigenvalue weighted by Gasteiger charge is 2.31. The van der Waals surface area contributed by atoms with Crippen LogP contribution in [0.15, 0.2) is 36.9 Å². The maximum atomic E-state index is 12.3. The molecule has 0 spiro atoms. The van der Waals surface area contributed by atoms with Crippen LogP contribution in [0.3, 0.4) is 0 Å². The molecule has 1 amide bonds. The van der Waals surface area contributed by atoms with Crippen molar-refractivity contribution in [1.29, 1.82) is 0 Å². The number of benzene rings is 1. The summed E-state index contributed by atoms with van der Waals surface area (Å²) in [6.45, 7) is 0.0977. The van der Waals surface area contributed by atoms with Gasteiger partial charge in [0.2, 0.25) is 0 Å². The summed E-state index contributed by atoms with van der Waals surface area (Å²) in [5.41, 5.74) is 1.39. The lowest BCUT2D eigenvalue weighted by atomic mass is 10.1. The first-order valence-electron chi connectivity index (χ1n) is 7.14. The molecule has 110 valence electrons. The van der Waals surface area contributed by atoms with E-state index in [-0.39, 0.29) is 18.6 Å². The topological polar surface area (TPSA) is 80.0 Å². The van der Waals surface area contributed by atoms with Crippen molar-refractivity contribution in [1.82, 2.24) is 20.1 Å². The van der Waals surface area contributed by atoms with E-state index in [2.05, 4.69) is 15.4 Å². The minimum atomic E-state index is -0.109. The second kappa shape index (κ2) is 6.05. The fourth-order valence-corrected chi connectivity index (χ4v) is 2.45. The molecular formula is C15H18N4O2. The molecule has 3 rings (SSSR count).